The number of unbranched alkanes of at least 4 members (excludes halogenated alkanes) is 2. The quantitative estimate of drug-likeness (QED) is 0.764. The van der Waals surface area contributed by atoms with Gasteiger partial charge in [0.1, 0.15) is 0 Å². The van der Waals surface area contributed by atoms with Gasteiger partial charge in [-0.1, -0.05) is 20.3 Å². The van der Waals surface area contributed by atoms with Crippen LogP contribution in [0.25, 0.3) is 0 Å². The van der Waals surface area contributed by atoms with Crippen LogP contribution in [0.4, 0.5) is 0 Å². The number of thiophene rings is 1. The summed E-state index contributed by atoms with van der Waals surface area (Å²) >= 11 is 1.93. The number of nitrogens with one attached hydrogen (secondary N) is 1. The highest BCUT2D eigenvalue weighted by molar-refractivity contribution is 7.10. The van der Waals surface area contributed by atoms with Crippen LogP contribution in [0.5, 0.6) is 0 Å². The molecule has 1 atom stereocenters. The molecule has 1 aliphatic heterocycles. The van der Waals surface area contributed by atoms with Gasteiger partial charge >= 0.3 is 0 Å². The van der Waals surface area contributed by atoms with Crippen molar-refractivity contribution >= 4 is 11.3 Å². The Bertz CT molecular complexity index is 373. The third kappa shape index (κ3) is 4.30. The summed E-state index contributed by atoms with van der Waals surface area (Å²) in [5, 5.41) is 5.74. The second-order valence-electron chi connectivity index (χ2n) is 5.93. The molecule has 1 aliphatic rings. The third-order valence-corrected chi connectivity index (χ3v) is 5.07. The zero-order chi connectivity index (χ0) is 13.7. The molecule has 0 bridgehead atoms. The number of fused-ring (bicyclic) bond motifs is 1. The Labute approximate surface area is 122 Å². The molecule has 2 rings (SSSR count). The van der Waals surface area contributed by atoms with E-state index >= 15 is 0 Å². The van der Waals surface area contributed by atoms with Crippen LogP contribution >= 0.6 is 11.3 Å². The lowest BCUT2D eigenvalue weighted by atomic mass is 10.0. The van der Waals surface area contributed by atoms with E-state index in [1.165, 1.54) is 45.3 Å². The lowest BCUT2D eigenvalue weighted by molar-refractivity contribution is 0.196. The molecule has 0 spiro atoms. The summed E-state index contributed by atoms with van der Waals surface area (Å²) in [6, 6.07) is 3.58. The summed E-state index contributed by atoms with van der Waals surface area (Å²) in [6.45, 7) is 10.5. The van der Waals surface area contributed by atoms with Gasteiger partial charge in [0.05, 0.1) is 0 Å². The molecule has 2 heterocycles. The average molecular weight is 280 g/mol. The predicted octanol–water partition coefficient (Wildman–Crippen LogP) is 3.84. The Morgan fingerprint density at radius 2 is 2.21 bits per heavy atom. The van der Waals surface area contributed by atoms with Crippen molar-refractivity contribution in [1.82, 2.24) is 10.2 Å². The predicted molar refractivity (Wildman–Crippen MR) is 85.0 cm³/mol. The fraction of sp³-hybridized carbons (Fsp3) is 0.750. The number of nitrogens with zero attached hydrogens (tertiary/aromatic N) is 1. The van der Waals surface area contributed by atoms with Crippen molar-refractivity contribution in [3.63, 3.8) is 0 Å². The minimum absolute atomic E-state index is 0.624. The van der Waals surface area contributed by atoms with E-state index in [1.807, 2.05) is 11.3 Å². The molecule has 1 N–H and O–H groups in total. The average Bonchev–Trinajstić information content (AvgIpc) is 2.84. The standard InChI is InChI=1S/C16H28N2S/c1-13(2)17-9-5-4-6-10-18-11-7-16-15(14(18)3)8-12-19-16/h8,12-14,17H,4-7,9-11H2,1-3H3. The summed E-state index contributed by atoms with van der Waals surface area (Å²) in [5.41, 5.74) is 1.58. The van der Waals surface area contributed by atoms with E-state index in [1.54, 1.807) is 10.4 Å². The molecule has 0 radical (unpaired) electrons. The summed E-state index contributed by atoms with van der Waals surface area (Å²) in [7, 11) is 0. The summed E-state index contributed by atoms with van der Waals surface area (Å²) in [4.78, 5) is 4.27. The van der Waals surface area contributed by atoms with Gasteiger partial charge in [-0.25, -0.2) is 0 Å². The Kier molecular flexibility index (Phi) is 5.86. The monoisotopic (exact) mass is 280 g/mol. The van der Waals surface area contributed by atoms with Crippen molar-refractivity contribution < 1.29 is 0 Å². The van der Waals surface area contributed by atoms with E-state index in [4.69, 9.17) is 0 Å². The van der Waals surface area contributed by atoms with Gasteiger partial charge in [-0.05, 0) is 56.3 Å². The Morgan fingerprint density at radius 1 is 1.37 bits per heavy atom. The molecule has 0 aromatic carbocycles. The molecule has 1 aromatic heterocycles. The van der Waals surface area contributed by atoms with Crippen LogP contribution in [0.15, 0.2) is 11.4 Å². The Balaban J connectivity index is 1.65. The smallest absolute Gasteiger partial charge is 0.0331 e. The molecular formula is C16H28N2S. The fourth-order valence-corrected chi connectivity index (χ4v) is 3.84. The fourth-order valence-electron chi connectivity index (χ4n) is 2.87. The van der Waals surface area contributed by atoms with Crippen molar-refractivity contribution in [1.29, 1.82) is 0 Å². The molecule has 0 saturated carbocycles. The first-order valence-corrected chi connectivity index (χ1v) is 8.60. The van der Waals surface area contributed by atoms with Crippen LogP contribution in [0.2, 0.25) is 0 Å². The number of hydrogen-bond donors (Lipinski definition) is 1. The highest BCUT2D eigenvalue weighted by atomic mass is 32.1. The lowest BCUT2D eigenvalue weighted by Crippen LogP contribution is -2.34. The summed E-state index contributed by atoms with van der Waals surface area (Å²) in [6.07, 6.45) is 5.25. The zero-order valence-electron chi connectivity index (χ0n) is 12.6. The summed E-state index contributed by atoms with van der Waals surface area (Å²) < 4.78 is 0. The van der Waals surface area contributed by atoms with Gasteiger partial charge in [-0.15, -0.1) is 11.3 Å². The SMILES string of the molecule is CC(C)NCCCCCN1CCc2sccc2C1C. The van der Waals surface area contributed by atoms with Crippen molar-refractivity contribution in [2.75, 3.05) is 19.6 Å². The maximum Gasteiger partial charge on any atom is 0.0331 e. The molecule has 0 saturated heterocycles. The largest absolute Gasteiger partial charge is 0.315 e. The molecule has 3 heteroatoms. The van der Waals surface area contributed by atoms with Crippen LogP contribution in [-0.4, -0.2) is 30.6 Å². The van der Waals surface area contributed by atoms with E-state index in [-0.39, 0.29) is 0 Å². The van der Waals surface area contributed by atoms with Crippen molar-refractivity contribution in [3.05, 3.63) is 21.9 Å². The van der Waals surface area contributed by atoms with Gasteiger partial charge in [-0.2, -0.15) is 0 Å². The van der Waals surface area contributed by atoms with Gasteiger partial charge in [0.25, 0.3) is 0 Å². The second-order valence-corrected chi connectivity index (χ2v) is 6.93. The maximum atomic E-state index is 3.49. The molecule has 108 valence electrons. The zero-order valence-corrected chi connectivity index (χ0v) is 13.4. The molecule has 0 aliphatic carbocycles. The second kappa shape index (κ2) is 7.41. The van der Waals surface area contributed by atoms with Crippen LogP contribution in [-0.2, 0) is 6.42 Å². The van der Waals surface area contributed by atoms with E-state index in [9.17, 15) is 0 Å². The minimum Gasteiger partial charge on any atom is -0.315 e. The molecule has 0 fully saturated rings. The van der Waals surface area contributed by atoms with Gasteiger partial charge in [0, 0.05) is 23.5 Å². The van der Waals surface area contributed by atoms with Crippen molar-refractivity contribution in [2.45, 2.75) is 58.5 Å². The van der Waals surface area contributed by atoms with Gasteiger partial charge in [0.15, 0.2) is 0 Å². The van der Waals surface area contributed by atoms with E-state index in [0.717, 1.165) is 0 Å². The summed E-state index contributed by atoms with van der Waals surface area (Å²) in [5.74, 6) is 0. The van der Waals surface area contributed by atoms with E-state index < -0.39 is 0 Å². The van der Waals surface area contributed by atoms with Gasteiger partial charge in [-0.3, -0.25) is 4.90 Å². The molecular weight excluding hydrogens is 252 g/mol. The Hall–Kier alpha value is -0.380. The first-order valence-electron chi connectivity index (χ1n) is 7.72. The third-order valence-electron chi connectivity index (χ3n) is 4.08. The topological polar surface area (TPSA) is 15.3 Å². The van der Waals surface area contributed by atoms with Crippen LogP contribution in [0, 0.1) is 0 Å². The first kappa shape index (κ1) is 15.0. The van der Waals surface area contributed by atoms with E-state index in [2.05, 4.69) is 42.4 Å². The normalized spacial score (nSPS) is 19.9. The van der Waals surface area contributed by atoms with Crippen molar-refractivity contribution in [3.8, 4) is 0 Å². The molecule has 0 amide bonds. The highest BCUT2D eigenvalue weighted by Crippen LogP contribution is 2.32. The molecule has 2 nitrogen and oxygen atoms in total. The Morgan fingerprint density at radius 3 is 3.00 bits per heavy atom. The molecule has 19 heavy (non-hydrogen) atoms. The van der Waals surface area contributed by atoms with E-state index in [0.29, 0.717) is 12.1 Å². The van der Waals surface area contributed by atoms with Gasteiger partial charge in [0.2, 0.25) is 0 Å². The lowest BCUT2D eigenvalue weighted by Gasteiger charge is -2.33. The minimum atomic E-state index is 0.624. The maximum absolute atomic E-state index is 3.49. The van der Waals surface area contributed by atoms with Crippen LogP contribution < -0.4 is 5.32 Å². The molecule has 1 unspecified atom stereocenters. The molecule has 1 aromatic rings. The van der Waals surface area contributed by atoms with Crippen LogP contribution in [0.1, 0.15) is 56.5 Å². The number of rotatable bonds is 7. The van der Waals surface area contributed by atoms with Crippen LogP contribution in [0.3, 0.4) is 0 Å². The highest BCUT2D eigenvalue weighted by Gasteiger charge is 2.23. The number of hydrogen-bond acceptors (Lipinski definition) is 3. The first-order chi connectivity index (χ1) is 9.18. The van der Waals surface area contributed by atoms with Gasteiger partial charge < -0.3 is 5.32 Å². The van der Waals surface area contributed by atoms with Crippen molar-refractivity contribution in [2.24, 2.45) is 0 Å².